The normalized spacial score (nSPS) is 35.2. The van der Waals surface area contributed by atoms with E-state index in [2.05, 4.69) is 11.8 Å². The molecule has 16 heavy (non-hydrogen) atoms. The molecule has 0 aromatic carbocycles. The summed E-state index contributed by atoms with van der Waals surface area (Å²) in [5.41, 5.74) is 0. The van der Waals surface area contributed by atoms with Gasteiger partial charge in [-0.3, -0.25) is 4.90 Å². The van der Waals surface area contributed by atoms with Gasteiger partial charge < -0.3 is 9.15 Å². The van der Waals surface area contributed by atoms with Crippen LogP contribution < -0.4 is 0 Å². The van der Waals surface area contributed by atoms with E-state index in [4.69, 9.17) is 9.15 Å². The smallest absolute Gasteiger partial charge is 0.117 e. The van der Waals surface area contributed by atoms with E-state index < -0.39 is 0 Å². The summed E-state index contributed by atoms with van der Waals surface area (Å²) in [6.07, 6.45) is 5.18. The molecule has 0 radical (unpaired) electrons. The van der Waals surface area contributed by atoms with Crippen LogP contribution in [0.5, 0.6) is 0 Å². The molecule has 0 N–H and O–H groups in total. The topological polar surface area (TPSA) is 25.6 Å². The molecule has 1 aromatic rings. The zero-order valence-electron chi connectivity index (χ0n) is 9.76. The number of likely N-dealkylation sites (tertiary alicyclic amines) is 1. The molecule has 3 heterocycles. The zero-order chi connectivity index (χ0) is 11.0. The van der Waals surface area contributed by atoms with Crippen LogP contribution in [0.4, 0.5) is 0 Å². The molecule has 2 saturated heterocycles. The van der Waals surface area contributed by atoms with Gasteiger partial charge in [-0.15, -0.1) is 0 Å². The Balaban J connectivity index is 1.59. The third-order valence-electron chi connectivity index (χ3n) is 3.78. The molecular formula is C13H19NO2. The Morgan fingerprint density at radius 2 is 2.44 bits per heavy atom. The maximum Gasteiger partial charge on any atom is 0.117 e. The van der Waals surface area contributed by atoms with Crippen LogP contribution >= 0.6 is 0 Å². The predicted octanol–water partition coefficient (Wildman–Crippen LogP) is 2.28. The zero-order valence-corrected chi connectivity index (χ0v) is 9.76. The van der Waals surface area contributed by atoms with E-state index in [1.807, 2.05) is 12.1 Å². The van der Waals surface area contributed by atoms with E-state index in [0.717, 1.165) is 24.8 Å². The van der Waals surface area contributed by atoms with Gasteiger partial charge in [-0.25, -0.2) is 0 Å². The number of nitrogens with zero attached hydrogens (tertiary/aromatic N) is 1. The van der Waals surface area contributed by atoms with Crippen LogP contribution in [0.25, 0.3) is 0 Å². The van der Waals surface area contributed by atoms with Crippen molar-refractivity contribution in [2.45, 2.75) is 38.5 Å². The molecular weight excluding hydrogens is 202 g/mol. The number of hydrogen-bond acceptors (Lipinski definition) is 3. The molecule has 3 nitrogen and oxygen atoms in total. The number of ether oxygens (including phenoxy) is 1. The molecule has 2 fully saturated rings. The fourth-order valence-corrected chi connectivity index (χ4v) is 3.00. The Morgan fingerprint density at radius 3 is 3.25 bits per heavy atom. The van der Waals surface area contributed by atoms with Crippen molar-refractivity contribution in [3.05, 3.63) is 24.2 Å². The van der Waals surface area contributed by atoms with E-state index in [1.165, 1.54) is 19.4 Å². The summed E-state index contributed by atoms with van der Waals surface area (Å²) in [7, 11) is 0. The Hall–Kier alpha value is -0.800. The van der Waals surface area contributed by atoms with Crippen LogP contribution in [-0.2, 0) is 11.3 Å². The number of hydrogen-bond donors (Lipinski definition) is 0. The molecule has 3 atom stereocenters. The first-order chi connectivity index (χ1) is 7.81. The van der Waals surface area contributed by atoms with E-state index in [1.54, 1.807) is 6.26 Å². The molecule has 0 spiro atoms. The molecule has 2 aliphatic heterocycles. The molecule has 0 saturated carbocycles. The molecule has 0 bridgehead atoms. The van der Waals surface area contributed by atoms with Gasteiger partial charge in [0.15, 0.2) is 0 Å². The van der Waals surface area contributed by atoms with E-state index >= 15 is 0 Å². The van der Waals surface area contributed by atoms with Crippen molar-refractivity contribution in [3.8, 4) is 0 Å². The molecule has 0 unspecified atom stereocenters. The average Bonchev–Trinajstić information content (AvgIpc) is 2.85. The molecule has 3 heteroatoms. The summed E-state index contributed by atoms with van der Waals surface area (Å²) in [5.74, 6) is 1.85. The first-order valence-corrected chi connectivity index (χ1v) is 6.21. The lowest BCUT2D eigenvalue weighted by Crippen LogP contribution is -2.41. The largest absolute Gasteiger partial charge is 0.468 e. The van der Waals surface area contributed by atoms with Crippen molar-refractivity contribution in [3.63, 3.8) is 0 Å². The number of piperidine rings is 1. The SMILES string of the molecule is C[C@@H]1C[C@H]2CCN(Cc3ccco3)C[C@@H]2O1. The van der Waals surface area contributed by atoms with Crippen molar-refractivity contribution in [1.29, 1.82) is 0 Å². The lowest BCUT2D eigenvalue weighted by Gasteiger charge is -2.33. The summed E-state index contributed by atoms with van der Waals surface area (Å²) in [6, 6.07) is 4.00. The second-order valence-electron chi connectivity index (χ2n) is 5.08. The Labute approximate surface area is 96.4 Å². The monoisotopic (exact) mass is 221 g/mol. The van der Waals surface area contributed by atoms with Gasteiger partial charge in [0.2, 0.25) is 0 Å². The van der Waals surface area contributed by atoms with Gasteiger partial charge in [-0.2, -0.15) is 0 Å². The van der Waals surface area contributed by atoms with Gasteiger partial charge in [0.25, 0.3) is 0 Å². The highest BCUT2D eigenvalue weighted by molar-refractivity contribution is 4.99. The Morgan fingerprint density at radius 1 is 1.50 bits per heavy atom. The molecule has 2 aliphatic rings. The Kier molecular flexibility index (Phi) is 2.74. The third-order valence-corrected chi connectivity index (χ3v) is 3.78. The van der Waals surface area contributed by atoms with Crippen LogP contribution in [0, 0.1) is 5.92 Å². The minimum absolute atomic E-state index is 0.457. The molecule has 1 aromatic heterocycles. The highest BCUT2D eigenvalue weighted by atomic mass is 16.5. The van der Waals surface area contributed by atoms with E-state index in [0.29, 0.717) is 12.2 Å². The van der Waals surface area contributed by atoms with Crippen LogP contribution in [0.2, 0.25) is 0 Å². The quantitative estimate of drug-likeness (QED) is 0.766. The minimum Gasteiger partial charge on any atom is -0.468 e. The van der Waals surface area contributed by atoms with Gasteiger partial charge in [-0.05, 0) is 44.4 Å². The average molecular weight is 221 g/mol. The minimum atomic E-state index is 0.457. The third kappa shape index (κ3) is 2.02. The number of fused-ring (bicyclic) bond motifs is 1. The second kappa shape index (κ2) is 4.22. The van der Waals surface area contributed by atoms with Crippen LogP contribution in [0.3, 0.4) is 0 Å². The van der Waals surface area contributed by atoms with Gasteiger partial charge >= 0.3 is 0 Å². The number of rotatable bonds is 2. The highest BCUT2D eigenvalue weighted by Gasteiger charge is 2.37. The van der Waals surface area contributed by atoms with Crippen LogP contribution in [-0.4, -0.2) is 30.2 Å². The van der Waals surface area contributed by atoms with E-state index in [9.17, 15) is 0 Å². The van der Waals surface area contributed by atoms with Crippen molar-refractivity contribution in [2.24, 2.45) is 5.92 Å². The van der Waals surface area contributed by atoms with Gasteiger partial charge in [0, 0.05) is 6.54 Å². The van der Waals surface area contributed by atoms with Gasteiger partial charge in [0.05, 0.1) is 25.0 Å². The first kappa shape index (κ1) is 10.4. The van der Waals surface area contributed by atoms with Crippen LogP contribution in [0.15, 0.2) is 22.8 Å². The summed E-state index contributed by atoms with van der Waals surface area (Å²) in [6.45, 7) is 5.36. The lowest BCUT2D eigenvalue weighted by molar-refractivity contribution is -0.00424. The first-order valence-electron chi connectivity index (χ1n) is 6.21. The maximum atomic E-state index is 5.94. The summed E-state index contributed by atoms with van der Waals surface area (Å²) >= 11 is 0. The number of furan rings is 1. The predicted molar refractivity (Wildman–Crippen MR) is 61.0 cm³/mol. The maximum absolute atomic E-state index is 5.94. The van der Waals surface area contributed by atoms with Crippen LogP contribution in [0.1, 0.15) is 25.5 Å². The van der Waals surface area contributed by atoms with Crippen molar-refractivity contribution < 1.29 is 9.15 Å². The molecule has 0 aliphatic carbocycles. The van der Waals surface area contributed by atoms with Gasteiger partial charge in [-0.1, -0.05) is 0 Å². The molecule has 88 valence electrons. The standard InChI is InChI=1S/C13H19NO2/c1-10-7-11-4-5-14(9-13(11)16-10)8-12-3-2-6-15-12/h2-3,6,10-11,13H,4-5,7-9H2,1H3/t10-,11-,13+/m1/s1. The Bertz CT molecular complexity index is 336. The summed E-state index contributed by atoms with van der Waals surface area (Å²) in [4.78, 5) is 2.44. The summed E-state index contributed by atoms with van der Waals surface area (Å²) in [5, 5.41) is 0. The second-order valence-corrected chi connectivity index (χ2v) is 5.08. The van der Waals surface area contributed by atoms with Crippen molar-refractivity contribution in [1.82, 2.24) is 4.90 Å². The summed E-state index contributed by atoms with van der Waals surface area (Å²) < 4.78 is 11.3. The van der Waals surface area contributed by atoms with Crippen molar-refractivity contribution >= 4 is 0 Å². The molecule has 0 amide bonds. The fourth-order valence-electron chi connectivity index (χ4n) is 3.00. The lowest BCUT2D eigenvalue weighted by atomic mass is 9.92. The van der Waals surface area contributed by atoms with Crippen molar-refractivity contribution in [2.75, 3.05) is 13.1 Å². The molecule has 3 rings (SSSR count). The van der Waals surface area contributed by atoms with E-state index in [-0.39, 0.29) is 0 Å². The highest BCUT2D eigenvalue weighted by Crippen LogP contribution is 2.33. The fraction of sp³-hybridized carbons (Fsp3) is 0.692. The van der Waals surface area contributed by atoms with Gasteiger partial charge in [0.1, 0.15) is 5.76 Å².